The average molecular weight is 430 g/mol. The fourth-order valence-electron chi connectivity index (χ4n) is 3.43. The predicted octanol–water partition coefficient (Wildman–Crippen LogP) is 2.15. The normalized spacial score (nSPS) is 11.9. The van der Waals surface area contributed by atoms with E-state index in [9.17, 15) is 23.6 Å². The van der Waals surface area contributed by atoms with Gasteiger partial charge in [-0.3, -0.25) is 19.2 Å². The van der Waals surface area contributed by atoms with Crippen LogP contribution in [0.5, 0.6) is 0 Å². The van der Waals surface area contributed by atoms with Gasteiger partial charge in [0.1, 0.15) is 11.9 Å². The molecule has 3 amide bonds. The molecule has 4 N–H and O–H groups in total. The Morgan fingerprint density at radius 2 is 1.71 bits per heavy atom. The van der Waals surface area contributed by atoms with Gasteiger partial charge >= 0.3 is 0 Å². The van der Waals surface area contributed by atoms with Crippen molar-refractivity contribution >= 4 is 29.2 Å². The van der Waals surface area contributed by atoms with Crippen molar-refractivity contribution in [1.82, 2.24) is 9.88 Å². The first kappa shape index (κ1) is 23.8. The van der Waals surface area contributed by atoms with E-state index in [1.54, 1.807) is 41.7 Å². The molecule has 166 valence electrons. The minimum Gasteiger partial charge on any atom is -0.368 e. The number of hydrogen-bond donors (Lipinski definition) is 3. The Labute approximate surface area is 180 Å². The Bertz CT molecular complexity index is 1070. The molecule has 0 saturated heterocycles. The second-order valence-electron chi connectivity index (χ2n) is 7.84. The number of primary amides is 1. The lowest BCUT2D eigenvalue weighted by Crippen LogP contribution is -2.50. The smallest absolute Gasteiger partial charge is 0.294 e. The van der Waals surface area contributed by atoms with Gasteiger partial charge in [-0.1, -0.05) is 13.8 Å². The van der Waals surface area contributed by atoms with Crippen molar-refractivity contribution in [1.29, 1.82) is 0 Å². The summed E-state index contributed by atoms with van der Waals surface area (Å²) in [7, 11) is 1.57. The highest BCUT2D eigenvalue weighted by Gasteiger charge is 2.31. The summed E-state index contributed by atoms with van der Waals surface area (Å²) < 4.78 is 14.9. The van der Waals surface area contributed by atoms with Gasteiger partial charge in [-0.2, -0.15) is 0 Å². The number of amides is 3. The number of benzene rings is 1. The van der Waals surface area contributed by atoms with Crippen molar-refractivity contribution in [2.45, 2.75) is 40.7 Å². The van der Waals surface area contributed by atoms with Gasteiger partial charge in [0.15, 0.2) is 0 Å². The third-order valence-corrected chi connectivity index (χ3v) is 5.25. The van der Waals surface area contributed by atoms with Gasteiger partial charge in [-0.15, -0.1) is 0 Å². The van der Waals surface area contributed by atoms with E-state index in [0.29, 0.717) is 22.5 Å². The van der Waals surface area contributed by atoms with E-state index in [1.807, 2.05) is 0 Å². The summed E-state index contributed by atoms with van der Waals surface area (Å²) in [5.74, 6) is -3.79. The molecule has 0 saturated carbocycles. The summed E-state index contributed by atoms with van der Waals surface area (Å²) in [5, 5.41) is 5.05. The second kappa shape index (κ2) is 9.11. The summed E-state index contributed by atoms with van der Waals surface area (Å²) in [6.07, 6.45) is 0. The van der Waals surface area contributed by atoms with E-state index in [-0.39, 0.29) is 23.0 Å². The number of nitrogens with one attached hydrogen (secondary N) is 2. The predicted molar refractivity (Wildman–Crippen MR) is 114 cm³/mol. The first-order chi connectivity index (χ1) is 14.4. The second-order valence-corrected chi connectivity index (χ2v) is 7.84. The van der Waals surface area contributed by atoms with Gasteiger partial charge in [-0.25, -0.2) is 4.39 Å². The Morgan fingerprint density at radius 1 is 1.10 bits per heavy atom. The molecule has 2 aromatic rings. The van der Waals surface area contributed by atoms with Crippen LogP contribution in [-0.2, 0) is 16.6 Å². The van der Waals surface area contributed by atoms with E-state index >= 15 is 0 Å². The van der Waals surface area contributed by atoms with Crippen LogP contribution in [0.25, 0.3) is 0 Å². The molecule has 0 aliphatic heterocycles. The molecule has 1 heterocycles. The van der Waals surface area contributed by atoms with Crippen molar-refractivity contribution in [3.8, 4) is 0 Å². The maximum atomic E-state index is 13.5. The van der Waals surface area contributed by atoms with E-state index < -0.39 is 29.5 Å². The lowest BCUT2D eigenvalue weighted by atomic mass is 10.0. The number of Topliss-reactive ketones (excluding diaryl/α,β-unsaturated/α-hetero) is 1. The Morgan fingerprint density at radius 3 is 2.23 bits per heavy atom. The van der Waals surface area contributed by atoms with Gasteiger partial charge in [-0.05, 0) is 56.0 Å². The lowest BCUT2D eigenvalue weighted by Gasteiger charge is -2.18. The molecule has 0 aliphatic carbocycles. The van der Waals surface area contributed by atoms with Gasteiger partial charge in [0.05, 0.1) is 11.3 Å². The van der Waals surface area contributed by atoms with Crippen LogP contribution in [0.4, 0.5) is 10.1 Å². The van der Waals surface area contributed by atoms with Gasteiger partial charge in [0.2, 0.25) is 5.91 Å². The number of aromatic nitrogens is 1. The summed E-state index contributed by atoms with van der Waals surface area (Å²) in [6, 6.07) is 3.18. The van der Waals surface area contributed by atoms with Crippen LogP contribution < -0.4 is 16.4 Å². The third kappa shape index (κ3) is 4.82. The topological polar surface area (TPSA) is 123 Å². The number of anilines is 1. The average Bonchev–Trinajstić information content (AvgIpc) is 2.90. The molecule has 0 spiro atoms. The van der Waals surface area contributed by atoms with E-state index in [4.69, 9.17) is 5.73 Å². The summed E-state index contributed by atoms with van der Waals surface area (Å²) >= 11 is 0. The van der Waals surface area contributed by atoms with Crippen LogP contribution in [0.2, 0.25) is 0 Å². The van der Waals surface area contributed by atoms with Crippen molar-refractivity contribution in [2.75, 3.05) is 5.32 Å². The molecule has 1 aromatic carbocycles. The monoisotopic (exact) mass is 430 g/mol. The molecule has 1 aromatic heterocycles. The molecule has 1 atom stereocenters. The summed E-state index contributed by atoms with van der Waals surface area (Å²) in [4.78, 5) is 49.8. The highest BCUT2D eigenvalue weighted by atomic mass is 19.1. The third-order valence-electron chi connectivity index (χ3n) is 5.25. The number of rotatable bonds is 7. The van der Waals surface area contributed by atoms with Crippen LogP contribution in [0.1, 0.15) is 51.5 Å². The Hall–Kier alpha value is -3.49. The number of hydrogen-bond acceptors (Lipinski definition) is 4. The SMILES string of the molecule is Cc1cc(NC(=O)c2c(C)c(C(=O)C(=O)NC(C(N)=O)C(C)C)n(C)c2C)ccc1F. The molecule has 31 heavy (non-hydrogen) atoms. The van der Waals surface area contributed by atoms with E-state index in [1.165, 1.54) is 22.8 Å². The summed E-state index contributed by atoms with van der Waals surface area (Å²) in [5.41, 5.74) is 7.13. The fourth-order valence-corrected chi connectivity index (χ4v) is 3.43. The first-order valence-electron chi connectivity index (χ1n) is 9.74. The summed E-state index contributed by atoms with van der Waals surface area (Å²) in [6.45, 7) is 8.17. The maximum Gasteiger partial charge on any atom is 0.294 e. The zero-order valence-corrected chi connectivity index (χ0v) is 18.4. The Balaban J connectivity index is 2.35. The maximum absolute atomic E-state index is 13.5. The van der Waals surface area contributed by atoms with Crippen molar-refractivity contribution in [2.24, 2.45) is 18.7 Å². The van der Waals surface area contributed by atoms with Crippen LogP contribution in [-0.4, -0.2) is 34.1 Å². The highest BCUT2D eigenvalue weighted by Crippen LogP contribution is 2.24. The van der Waals surface area contributed by atoms with Crippen LogP contribution in [0.3, 0.4) is 0 Å². The number of carbonyl (C=O) groups is 4. The van der Waals surface area contributed by atoms with Gasteiger partial charge < -0.3 is 20.9 Å². The number of nitrogens with zero attached hydrogens (tertiary/aromatic N) is 1. The molecular weight excluding hydrogens is 403 g/mol. The highest BCUT2D eigenvalue weighted by molar-refractivity contribution is 6.43. The van der Waals surface area contributed by atoms with Gasteiger partial charge in [0, 0.05) is 18.4 Å². The zero-order valence-electron chi connectivity index (χ0n) is 18.4. The fraction of sp³-hybridized carbons (Fsp3) is 0.364. The molecule has 0 fully saturated rings. The first-order valence-corrected chi connectivity index (χ1v) is 9.74. The standard InChI is InChI=1S/C22H27FN4O4/c1-10(2)17(20(24)29)26-22(31)19(28)18-12(4)16(13(5)27(18)6)21(30)25-14-7-8-15(23)11(3)9-14/h7-10,17H,1-6H3,(H2,24,29)(H,25,30)(H,26,31). The minimum absolute atomic E-state index is 0.0300. The quantitative estimate of drug-likeness (QED) is 0.460. The van der Waals surface area contributed by atoms with E-state index in [2.05, 4.69) is 10.6 Å². The van der Waals surface area contributed by atoms with Crippen LogP contribution in [0, 0.1) is 32.5 Å². The lowest BCUT2D eigenvalue weighted by molar-refractivity contribution is -0.126. The van der Waals surface area contributed by atoms with Crippen molar-refractivity contribution < 1.29 is 23.6 Å². The molecular formula is C22H27FN4O4. The number of carbonyl (C=O) groups excluding carboxylic acids is 4. The number of ketones is 1. The Kier molecular flexibility index (Phi) is 6.99. The van der Waals surface area contributed by atoms with Gasteiger partial charge in [0.25, 0.3) is 17.6 Å². The van der Waals surface area contributed by atoms with Crippen LogP contribution >= 0.6 is 0 Å². The van der Waals surface area contributed by atoms with E-state index in [0.717, 1.165) is 0 Å². The number of aryl methyl sites for hydroxylation is 1. The molecule has 9 heteroatoms. The largest absolute Gasteiger partial charge is 0.368 e. The number of halogens is 1. The molecule has 0 aliphatic rings. The van der Waals surface area contributed by atoms with Crippen molar-refractivity contribution in [3.63, 3.8) is 0 Å². The minimum atomic E-state index is -0.998. The molecule has 8 nitrogen and oxygen atoms in total. The van der Waals surface area contributed by atoms with Crippen molar-refractivity contribution in [3.05, 3.63) is 52.1 Å². The molecule has 1 unspecified atom stereocenters. The molecule has 0 bridgehead atoms. The molecule has 0 radical (unpaired) electrons. The molecule has 2 rings (SSSR count). The zero-order chi connectivity index (χ0) is 23.6. The number of nitrogens with two attached hydrogens (primary N) is 1. The van der Waals surface area contributed by atoms with Crippen LogP contribution in [0.15, 0.2) is 18.2 Å².